The number of nitrogens with zero attached hydrogens (tertiary/aromatic N) is 3. The summed E-state index contributed by atoms with van der Waals surface area (Å²) in [5, 5.41) is 2.39. The molecule has 0 saturated heterocycles. The molecule has 0 radical (unpaired) electrons. The highest BCUT2D eigenvalue weighted by Crippen LogP contribution is 2.65. The molecule has 2 saturated carbocycles. The fourth-order valence-corrected chi connectivity index (χ4v) is 15.8. The predicted molar refractivity (Wildman–Crippen MR) is 304 cm³/mol. The second-order valence-corrected chi connectivity index (χ2v) is 27.3. The predicted octanol–water partition coefficient (Wildman–Crippen LogP) is 16.2. The molecule has 5 heteroatoms. The van der Waals surface area contributed by atoms with Crippen molar-refractivity contribution >= 4 is 84.9 Å². The minimum Gasteiger partial charge on any atom is -0.456 e. The van der Waals surface area contributed by atoms with E-state index >= 15 is 0 Å². The first kappa shape index (κ1) is 45.4. The Balaban J connectivity index is 1.21. The molecule has 0 bridgehead atoms. The Labute approximate surface area is 425 Å². The second-order valence-electron chi connectivity index (χ2n) is 27.3. The standard InChI is InChI=1S/C66H76BN3O/c1-39-32-42(61(6,7)8)33-40(2)57(39)68-51-37-44(69-50-26-24-41(60(3,4)5)34-46(50)63(12)28-18-20-30-65(63,69)14)38-52-56(51)67(48-25-27-54-55(59(48)68)45-22-16-17-23-53(45)71-54)49-36-43(62(9,10)11)35-47-58(49)70(52)66(15)31-21-19-29-64(47,66)13/h16-17,22-27,32-38H,18-21,28-31H2,1-15H3. The molecule has 4 aliphatic heterocycles. The Kier molecular flexibility index (Phi) is 9.09. The molecule has 4 nitrogen and oxygen atoms in total. The van der Waals surface area contributed by atoms with Gasteiger partial charge in [0, 0.05) is 44.7 Å². The number of rotatable bonds is 2. The van der Waals surface area contributed by atoms with E-state index in [9.17, 15) is 0 Å². The quantitative estimate of drug-likeness (QED) is 0.161. The topological polar surface area (TPSA) is 22.9 Å². The number of benzene rings is 6. The van der Waals surface area contributed by atoms with Crippen LogP contribution in [0.2, 0.25) is 0 Å². The van der Waals surface area contributed by atoms with E-state index in [1.807, 2.05) is 0 Å². The van der Waals surface area contributed by atoms with Crippen molar-refractivity contribution in [3.05, 3.63) is 130 Å². The lowest BCUT2D eigenvalue weighted by Crippen LogP contribution is -2.64. The van der Waals surface area contributed by atoms with E-state index in [1.54, 1.807) is 5.56 Å². The van der Waals surface area contributed by atoms with Gasteiger partial charge in [0.15, 0.2) is 0 Å². The molecule has 0 amide bonds. The van der Waals surface area contributed by atoms with Crippen molar-refractivity contribution < 1.29 is 4.42 Å². The zero-order chi connectivity index (χ0) is 49.9. The molecule has 1 aromatic heterocycles. The summed E-state index contributed by atoms with van der Waals surface area (Å²) >= 11 is 0. The van der Waals surface area contributed by atoms with Gasteiger partial charge in [0.05, 0.1) is 27.8 Å². The highest BCUT2D eigenvalue weighted by molar-refractivity contribution is 7.00. The Morgan fingerprint density at radius 2 is 1.07 bits per heavy atom. The van der Waals surface area contributed by atoms with Gasteiger partial charge in [-0.15, -0.1) is 0 Å². The first-order valence-corrected chi connectivity index (χ1v) is 27.4. The second kappa shape index (κ2) is 14.2. The molecule has 2 aliphatic carbocycles. The van der Waals surface area contributed by atoms with Crippen molar-refractivity contribution in [1.82, 2.24) is 0 Å². The van der Waals surface area contributed by atoms with E-state index in [0.717, 1.165) is 17.6 Å². The van der Waals surface area contributed by atoms with Gasteiger partial charge in [-0.05, 0) is 155 Å². The summed E-state index contributed by atoms with van der Waals surface area (Å²) in [5.74, 6) is 0. The van der Waals surface area contributed by atoms with Crippen LogP contribution in [0.1, 0.15) is 180 Å². The molecule has 6 aromatic carbocycles. The average Bonchev–Trinajstić information content (AvgIpc) is 3.86. The van der Waals surface area contributed by atoms with Crippen LogP contribution in [0, 0.1) is 13.8 Å². The maximum atomic E-state index is 6.91. The van der Waals surface area contributed by atoms with Crippen LogP contribution in [0.5, 0.6) is 0 Å². The van der Waals surface area contributed by atoms with Gasteiger partial charge in [0.25, 0.3) is 6.71 Å². The van der Waals surface area contributed by atoms with E-state index in [2.05, 4.69) is 210 Å². The summed E-state index contributed by atoms with van der Waals surface area (Å²) in [7, 11) is 0. The van der Waals surface area contributed by atoms with Crippen LogP contribution in [-0.2, 0) is 27.1 Å². The van der Waals surface area contributed by atoms with E-state index in [-0.39, 0.29) is 44.9 Å². The van der Waals surface area contributed by atoms with Gasteiger partial charge < -0.3 is 19.1 Å². The monoisotopic (exact) mass is 938 g/mol. The fraction of sp³-hybridized carbons (Fsp3) is 0.455. The Hall–Kier alpha value is -5.42. The first-order valence-electron chi connectivity index (χ1n) is 27.4. The van der Waals surface area contributed by atoms with Gasteiger partial charge in [0.2, 0.25) is 0 Å². The number of anilines is 7. The van der Waals surface area contributed by atoms with E-state index < -0.39 is 0 Å². The summed E-state index contributed by atoms with van der Waals surface area (Å²) < 4.78 is 6.91. The third kappa shape index (κ3) is 5.76. The smallest absolute Gasteiger partial charge is 0.252 e. The Morgan fingerprint density at radius 1 is 0.493 bits per heavy atom. The molecular weight excluding hydrogens is 862 g/mol. The normalized spacial score (nSPS) is 25.3. The molecule has 4 unspecified atom stereocenters. The van der Waals surface area contributed by atoms with Crippen molar-refractivity contribution in [3.8, 4) is 0 Å². The lowest BCUT2D eigenvalue weighted by atomic mass is 9.33. The maximum Gasteiger partial charge on any atom is 0.252 e. The van der Waals surface area contributed by atoms with Gasteiger partial charge in [0.1, 0.15) is 11.2 Å². The third-order valence-electron chi connectivity index (χ3n) is 20.2. The summed E-state index contributed by atoms with van der Waals surface area (Å²) in [6.45, 7) is 36.8. The van der Waals surface area contributed by atoms with Crippen LogP contribution in [-0.4, -0.2) is 17.8 Å². The van der Waals surface area contributed by atoms with Gasteiger partial charge in [-0.2, -0.15) is 0 Å². The highest BCUT2D eigenvalue weighted by atomic mass is 16.3. The van der Waals surface area contributed by atoms with Gasteiger partial charge in [-0.25, -0.2) is 0 Å². The van der Waals surface area contributed by atoms with Crippen LogP contribution in [0.15, 0.2) is 95.4 Å². The van der Waals surface area contributed by atoms with Crippen LogP contribution >= 0.6 is 0 Å². The third-order valence-corrected chi connectivity index (χ3v) is 20.2. The molecule has 71 heavy (non-hydrogen) atoms. The Bertz CT molecular complexity index is 3440. The largest absolute Gasteiger partial charge is 0.456 e. The number of hydrogen-bond acceptors (Lipinski definition) is 4. The van der Waals surface area contributed by atoms with Gasteiger partial charge >= 0.3 is 0 Å². The lowest BCUT2D eigenvalue weighted by Gasteiger charge is -2.54. The minimum absolute atomic E-state index is 0.00761. The van der Waals surface area contributed by atoms with Crippen molar-refractivity contribution in [2.24, 2.45) is 0 Å². The number of para-hydroxylation sites is 1. The minimum atomic E-state index is -0.121. The van der Waals surface area contributed by atoms with Crippen LogP contribution in [0.3, 0.4) is 0 Å². The number of hydrogen-bond donors (Lipinski definition) is 0. The summed E-state index contributed by atoms with van der Waals surface area (Å²) in [5.41, 5.74) is 25.4. The number of aryl methyl sites for hydroxylation is 2. The van der Waals surface area contributed by atoms with E-state index in [4.69, 9.17) is 4.42 Å². The molecule has 5 heterocycles. The van der Waals surface area contributed by atoms with Crippen molar-refractivity contribution in [2.45, 2.75) is 193 Å². The van der Waals surface area contributed by atoms with Crippen LogP contribution < -0.4 is 31.1 Å². The Morgan fingerprint density at radius 3 is 1.73 bits per heavy atom. The molecular formula is C66H76BN3O. The molecule has 0 spiro atoms. The molecule has 4 atom stereocenters. The molecule has 13 rings (SSSR count). The number of furan rings is 1. The molecule has 2 fully saturated rings. The van der Waals surface area contributed by atoms with E-state index in [1.165, 1.54) is 145 Å². The van der Waals surface area contributed by atoms with Gasteiger partial charge in [-0.1, -0.05) is 163 Å². The zero-order valence-electron chi connectivity index (χ0n) is 45.6. The molecule has 7 aromatic rings. The highest BCUT2D eigenvalue weighted by Gasteiger charge is 2.63. The van der Waals surface area contributed by atoms with Crippen molar-refractivity contribution in [3.63, 3.8) is 0 Å². The average molecular weight is 938 g/mol. The molecule has 364 valence electrons. The van der Waals surface area contributed by atoms with Crippen molar-refractivity contribution in [1.29, 1.82) is 0 Å². The fourth-order valence-electron chi connectivity index (χ4n) is 15.8. The maximum absolute atomic E-state index is 6.91. The summed E-state index contributed by atoms with van der Waals surface area (Å²) in [6.07, 6.45) is 9.72. The van der Waals surface area contributed by atoms with Crippen LogP contribution in [0.25, 0.3) is 21.9 Å². The molecule has 6 aliphatic rings. The van der Waals surface area contributed by atoms with Crippen LogP contribution in [0.4, 0.5) is 39.8 Å². The SMILES string of the molecule is Cc1cc(C(C)(C)C)cc(C)c1N1c2cc(N3c4ccc(C(C)(C)C)cc4C4(C)CCCCC34C)cc3c2B(c2cc(C(C)(C)C)cc4c2N3C2(C)CCCCC42C)c2ccc3oc4ccccc4c3c21. The van der Waals surface area contributed by atoms with Gasteiger partial charge in [-0.3, -0.25) is 0 Å². The summed E-state index contributed by atoms with van der Waals surface area (Å²) in [4.78, 5) is 8.60. The zero-order valence-corrected chi connectivity index (χ0v) is 45.6. The molecule has 0 N–H and O–H groups in total. The lowest BCUT2D eigenvalue weighted by molar-refractivity contribution is 0.194. The number of fused-ring (bicyclic) bond motifs is 14. The van der Waals surface area contributed by atoms with E-state index in [0.29, 0.717) is 0 Å². The first-order chi connectivity index (χ1) is 33.4. The summed E-state index contributed by atoms with van der Waals surface area (Å²) in [6, 6.07) is 36.8. The van der Waals surface area contributed by atoms with Crippen molar-refractivity contribution in [2.75, 3.05) is 14.7 Å².